The second-order valence-corrected chi connectivity index (χ2v) is 5.69. The Bertz CT molecular complexity index is 548. The van der Waals surface area contributed by atoms with Gasteiger partial charge in [0.2, 0.25) is 0 Å². The van der Waals surface area contributed by atoms with Gasteiger partial charge in [-0.15, -0.1) is 0 Å². The Morgan fingerprint density at radius 1 is 1.17 bits per heavy atom. The number of nitrogens with one attached hydrogen (secondary N) is 1. The molecule has 1 N–H and O–H groups in total. The van der Waals surface area contributed by atoms with Gasteiger partial charge in [0.05, 0.1) is 11.0 Å². The van der Waals surface area contributed by atoms with Gasteiger partial charge in [-0.25, -0.2) is 0 Å². The molecule has 94 valence electrons. The van der Waals surface area contributed by atoms with E-state index in [2.05, 4.69) is 27.1 Å². The molecular weight excluding hydrogens is 222 g/mol. The summed E-state index contributed by atoms with van der Waals surface area (Å²) in [4.78, 5) is 10.6. The number of aromatic amines is 1. The Morgan fingerprint density at radius 2 is 2.00 bits per heavy atom. The topological polar surface area (TPSA) is 31.9 Å². The summed E-state index contributed by atoms with van der Waals surface area (Å²) < 4.78 is 0. The number of likely N-dealkylation sites (tertiary alicyclic amines) is 1. The monoisotopic (exact) mass is 241 g/mol. The maximum absolute atomic E-state index is 4.54. The molecule has 1 saturated carbocycles. The molecule has 2 aromatic rings. The summed E-state index contributed by atoms with van der Waals surface area (Å²) >= 11 is 0. The van der Waals surface area contributed by atoms with Gasteiger partial charge < -0.3 is 9.88 Å². The van der Waals surface area contributed by atoms with Crippen LogP contribution < -0.4 is 0 Å². The predicted molar refractivity (Wildman–Crippen MR) is 72.7 cm³/mol. The number of piperidine rings is 1. The maximum Gasteiger partial charge on any atom is 0.0913 e. The number of H-pyrrole nitrogens is 1. The van der Waals surface area contributed by atoms with Crippen molar-refractivity contribution in [2.45, 2.75) is 37.6 Å². The van der Waals surface area contributed by atoms with Crippen LogP contribution in [0.25, 0.3) is 11.0 Å². The zero-order valence-corrected chi connectivity index (χ0v) is 10.6. The van der Waals surface area contributed by atoms with E-state index >= 15 is 0 Å². The second kappa shape index (κ2) is 4.09. The van der Waals surface area contributed by atoms with Crippen molar-refractivity contribution < 1.29 is 0 Å². The molecule has 3 nitrogen and oxygen atoms in total. The molecule has 0 atom stereocenters. The fraction of sp³-hybridized carbons (Fsp3) is 0.533. The van der Waals surface area contributed by atoms with Crippen LogP contribution in [0, 0.1) is 0 Å². The van der Waals surface area contributed by atoms with Crippen LogP contribution in [0.2, 0.25) is 0 Å². The van der Waals surface area contributed by atoms with Gasteiger partial charge in [-0.05, 0) is 62.4 Å². The van der Waals surface area contributed by atoms with E-state index in [1.165, 1.54) is 55.4 Å². The van der Waals surface area contributed by atoms with Crippen LogP contribution in [-0.4, -0.2) is 34.0 Å². The van der Waals surface area contributed by atoms with Crippen molar-refractivity contribution in [3.63, 3.8) is 0 Å². The first-order valence-corrected chi connectivity index (χ1v) is 7.08. The van der Waals surface area contributed by atoms with Crippen LogP contribution in [0.1, 0.15) is 37.2 Å². The summed E-state index contributed by atoms with van der Waals surface area (Å²) in [5.74, 6) is 0.698. The van der Waals surface area contributed by atoms with Gasteiger partial charge in [-0.2, -0.15) is 0 Å². The highest BCUT2D eigenvalue weighted by molar-refractivity contribution is 5.79. The van der Waals surface area contributed by atoms with Crippen molar-refractivity contribution in [1.29, 1.82) is 0 Å². The van der Waals surface area contributed by atoms with E-state index in [9.17, 15) is 0 Å². The van der Waals surface area contributed by atoms with Crippen molar-refractivity contribution in [3.05, 3.63) is 30.1 Å². The fourth-order valence-corrected chi connectivity index (χ4v) is 3.30. The Labute approximate surface area is 107 Å². The van der Waals surface area contributed by atoms with Crippen molar-refractivity contribution in [3.8, 4) is 0 Å². The number of nitrogens with zero attached hydrogens (tertiary/aromatic N) is 2. The summed E-state index contributed by atoms with van der Waals surface area (Å²) in [6.45, 7) is 2.55. The minimum absolute atomic E-state index is 0.698. The molecule has 18 heavy (non-hydrogen) atoms. The summed E-state index contributed by atoms with van der Waals surface area (Å²) in [6.07, 6.45) is 9.52. The molecule has 4 rings (SSSR count). The number of rotatable bonds is 2. The van der Waals surface area contributed by atoms with Crippen LogP contribution in [0.15, 0.2) is 24.5 Å². The third kappa shape index (κ3) is 1.74. The molecule has 0 bridgehead atoms. The lowest BCUT2D eigenvalue weighted by Crippen LogP contribution is -2.34. The van der Waals surface area contributed by atoms with Gasteiger partial charge >= 0.3 is 0 Å². The first kappa shape index (κ1) is 10.6. The summed E-state index contributed by atoms with van der Waals surface area (Å²) in [5.41, 5.74) is 3.79. The highest BCUT2D eigenvalue weighted by Gasteiger charge is 2.32. The lowest BCUT2D eigenvalue weighted by atomic mass is 9.90. The Morgan fingerprint density at radius 3 is 2.78 bits per heavy atom. The molecule has 0 radical (unpaired) electrons. The average molecular weight is 241 g/mol. The molecule has 2 aromatic heterocycles. The quantitative estimate of drug-likeness (QED) is 0.876. The molecule has 3 heteroatoms. The van der Waals surface area contributed by atoms with E-state index in [0.29, 0.717) is 5.92 Å². The molecule has 0 spiro atoms. The van der Waals surface area contributed by atoms with Gasteiger partial charge in [0.25, 0.3) is 0 Å². The summed E-state index contributed by atoms with van der Waals surface area (Å²) in [7, 11) is 0. The van der Waals surface area contributed by atoms with E-state index in [1.54, 1.807) is 0 Å². The smallest absolute Gasteiger partial charge is 0.0913 e. The molecular formula is C15H19N3. The second-order valence-electron chi connectivity index (χ2n) is 5.69. The van der Waals surface area contributed by atoms with Gasteiger partial charge in [-0.1, -0.05) is 0 Å². The number of hydrogen-bond donors (Lipinski definition) is 1. The first-order chi connectivity index (χ1) is 8.92. The minimum Gasteiger partial charge on any atom is -0.360 e. The third-order valence-corrected chi connectivity index (χ3v) is 4.50. The highest BCUT2D eigenvalue weighted by Crippen LogP contribution is 2.36. The van der Waals surface area contributed by atoms with Crippen LogP contribution in [0.5, 0.6) is 0 Å². The van der Waals surface area contributed by atoms with E-state index in [4.69, 9.17) is 0 Å². The molecule has 0 aromatic carbocycles. The largest absolute Gasteiger partial charge is 0.360 e. The first-order valence-electron chi connectivity index (χ1n) is 7.08. The molecule has 1 saturated heterocycles. The lowest BCUT2D eigenvalue weighted by Gasteiger charge is -2.31. The van der Waals surface area contributed by atoms with Crippen molar-refractivity contribution in [2.24, 2.45) is 0 Å². The average Bonchev–Trinajstić information content (AvgIpc) is 3.19. The SMILES string of the molecule is c1cnc2c(C3CCN(C4CC4)CC3)c[nH]c2c1. The zero-order chi connectivity index (χ0) is 11.9. The number of aromatic nitrogens is 2. The van der Waals surface area contributed by atoms with Crippen LogP contribution in [0.4, 0.5) is 0 Å². The third-order valence-electron chi connectivity index (χ3n) is 4.50. The maximum atomic E-state index is 4.54. The molecule has 1 aliphatic heterocycles. The van der Waals surface area contributed by atoms with E-state index in [0.717, 1.165) is 6.04 Å². The van der Waals surface area contributed by atoms with Crippen molar-refractivity contribution >= 4 is 11.0 Å². The standard InChI is InChI=1S/C15H19N3/c1-2-14-15(16-7-1)13(10-17-14)11-5-8-18(9-6-11)12-3-4-12/h1-2,7,10-12,17H,3-6,8-9H2. The number of hydrogen-bond acceptors (Lipinski definition) is 2. The van der Waals surface area contributed by atoms with E-state index in [-0.39, 0.29) is 0 Å². The predicted octanol–water partition coefficient (Wildman–Crippen LogP) is 2.90. The van der Waals surface area contributed by atoms with Crippen LogP contribution in [-0.2, 0) is 0 Å². The Balaban J connectivity index is 1.56. The van der Waals surface area contributed by atoms with Gasteiger partial charge in [0.15, 0.2) is 0 Å². The van der Waals surface area contributed by atoms with Gasteiger partial charge in [-0.3, -0.25) is 4.98 Å². The fourth-order valence-electron chi connectivity index (χ4n) is 3.30. The summed E-state index contributed by atoms with van der Waals surface area (Å²) in [5, 5.41) is 0. The van der Waals surface area contributed by atoms with Crippen LogP contribution in [0.3, 0.4) is 0 Å². The molecule has 3 heterocycles. The van der Waals surface area contributed by atoms with Crippen LogP contribution >= 0.6 is 0 Å². The van der Waals surface area contributed by atoms with Gasteiger partial charge in [0, 0.05) is 18.4 Å². The molecule has 0 unspecified atom stereocenters. The normalized spacial score (nSPS) is 22.7. The molecule has 0 amide bonds. The highest BCUT2D eigenvalue weighted by atomic mass is 15.2. The Hall–Kier alpha value is -1.35. The molecule has 2 aliphatic rings. The molecule has 1 aliphatic carbocycles. The van der Waals surface area contributed by atoms with E-state index in [1.807, 2.05) is 12.3 Å². The van der Waals surface area contributed by atoms with E-state index < -0.39 is 0 Å². The van der Waals surface area contributed by atoms with Crippen molar-refractivity contribution in [1.82, 2.24) is 14.9 Å². The minimum atomic E-state index is 0.698. The molecule has 2 fully saturated rings. The van der Waals surface area contributed by atoms with Crippen molar-refractivity contribution in [2.75, 3.05) is 13.1 Å². The Kier molecular flexibility index (Phi) is 2.40. The van der Waals surface area contributed by atoms with Gasteiger partial charge in [0.1, 0.15) is 0 Å². The number of pyridine rings is 1. The summed E-state index contributed by atoms with van der Waals surface area (Å²) in [6, 6.07) is 5.04. The zero-order valence-electron chi connectivity index (χ0n) is 10.6. The lowest BCUT2D eigenvalue weighted by molar-refractivity contribution is 0.204. The number of fused-ring (bicyclic) bond motifs is 1.